The zero-order valence-corrected chi connectivity index (χ0v) is 10.4. The van der Waals surface area contributed by atoms with Gasteiger partial charge in [-0.3, -0.25) is 9.89 Å². The number of amides is 1. The molecule has 0 saturated carbocycles. The van der Waals surface area contributed by atoms with Gasteiger partial charge in [0.15, 0.2) is 0 Å². The van der Waals surface area contributed by atoms with Gasteiger partial charge in [-0.15, -0.1) is 5.10 Å². The molecule has 0 fully saturated rings. The molecule has 0 bridgehead atoms. The summed E-state index contributed by atoms with van der Waals surface area (Å²) in [5, 5.41) is 8.86. The predicted octanol–water partition coefficient (Wildman–Crippen LogP) is 2.27. The van der Waals surface area contributed by atoms with Crippen molar-refractivity contribution in [2.45, 2.75) is 6.92 Å². The Bertz CT molecular complexity index is 569. The summed E-state index contributed by atoms with van der Waals surface area (Å²) in [5.74, 6) is -0.252. The fraction of sp³-hybridized carbons (Fsp3) is 0.100. The minimum Gasteiger partial charge on any atom is -0.318 e. The number of carbonyl (C=O) groups is 1. The van der Waals surface area contributed by atoms with Crippen LogP contribution in [0.3, 0.4) is 0 Å². The van der Waals surface area contributed by atoms with E-state index in [-0.39, 0.29) is 11.6 Å². The maximum absolute atomic E-state index is 12.8. The van der Waals surface area contributed by atoms with E-state index < -0.39 is 5.91 Å². The molecule has 1 aromatic heterocycles. The van der Waals surface area contributed by atoms with Gasteiger partial charge in [0.25, 0.3) is 5.91 Å². The number of carbonyl (C=O) groups excluding carboxylic acids is 1. The van der Waals surface area contributed by atoms with Gasteiger partial charge in [0.1, 0.15) is 11.6 Å². The molecule has 88 valence electrons. The highest BCUT2D eigenvalue weighted by Crippen LogP contribution is 2.23. The number of aromatic amines is 1. The van der Waals surface area contributed by atoms with Gasteiger partial charge in [-0.25, -0.2) is 9.37 Å². The fourth-order valence-electron chi connectivity index (χ4n) is 1.21. The molecule has 0 unspecified atom stereocenters. The molecule has 5 nitrogen and oxygen atoms in total. The summed E-state index contributed by atoms with van der Waals surface area (Å²) in [6, 6.07) is 3.97. The summed E-state index contributed by atoms with van der Waals surface area (Å²) < 4.78 is 13.3. The third kappa shape index (κ3) is 2.68. The van der Waals surface area contributed by atoms with Crippen LogP contribution in [-0.4, -0.2) is 21.1 Å². The lowest BCUT2D eigenvalue weighted by Crippen LogP contribution is -2.14. The Morgan fingerprint density at radius 3 is 2.88 bits per heavy atom. The SMILES string of the molecule is Cc1nc(C(=O)Nc2ccc(F)cc2Br)n[nH]1. The number of benzene rings is 1. The van der Waals surface area contributed by atoms with Gasteiger partial charge in [-0.2, -0.15) is 0 Å². The summed E-state index contributed by atoms with van der Waals surface area (Å²) in [6.45, 7) is 1.69. The Balaban J connectivity index is 2.18. The number of H-pyrrole nitrogens is 1. The summed E-state index contributed by atoms with van der Waals surface area (Å²) in [4.78, 5) is 15.6. The first-order valence-electron chi connectivity index (χ1n) is 4.71. The Morgan fingerprint density at radius 1 is 1.53 bits per heavy atom. The molecule has 0 aliphatic rings. The zero-order valence-electron chi connectivity index (χ0n) is 8.79. The van der Waals surface area contributed by atoms with E-state index in [1.807, 2.05) is 0 Å². The molecule has 1 aromatic carbocycles. The van der Waals surface area contributed by atoms with Crippen LogP contribution in [0.2, 0.25) is 0 Å². The number of nitrogens with zero attached hydrogens (tertiary/aromatic N) is 2. The summed E-state index contributed by atoms with van der Waals surface area (Å²) in [7, 11) is 0. The molecule has 0 aliphatic carbocycles. The normalized spacial score (nSPS) is 10.3. The average Bonchev–Trinajstić information content (AvgIpc) is 2.69. The fourth-order valence-corrected chi connectivity index (χ4v) is 1.66. The monoisotopic (exact) mass is 298 g/mol. The van der Waals surface area contributed by atoms with Gasteiger partial charge in [0.2, 0.25) is 5.82 Å². The molecule has 2 N–H and O–H groups in total. The van der Waals surface area contributed by atoms with Crippen LogP contribution in [0.1, 0.15) is 16.4 Å². The first kappa shape index (κ1) is 11.7. The van der Waals surface area contributed by atoms with Crippen molar-refractivity contribution >= 4 is 27.5 Å². The summed E-state index contributed by atoms with van der Waals surface area (Å²) in [6.07, 6.45) is 0. The molecule has 0 spiro atoms. The van der Waals surface area contributed by atoms with Crippen LogP contribution in [0.4, 0.5) is 10.1 Å². The van der Waals surface area contributed by atoms with Gasteiger partial charge in [0, 0.05) is 4.47 Å². The van der Waals surface area contributed by atoms with E-state index in [4.69, 9.17) is 0 Å². The predicted molar refractivity (Wildman–Crippen MR) is 63.2 cm³/mol. The maximum atomic E-state index is 12.8. The van der Waals surface area contributed by atoms with Gasteiger partial charge in [-0.05, 0) is 41.1 Å². The highest BCUT2D eigenvalue weighted by Gasteiger charge is 2.12. The highest BCUT2D eigenvalue weighted by molar-refractivity contribution is 9.10. The standard InChI is InChI=1S/C10H8BrFN4O/c1-5-13-9(16-15-5)10(17)14-8-3-2-6(12)4-7(8)11/h2-4H,1H3,(H,14,17)(H,13,15,16). The molecule has 2 rings (SSSR count). The van der Waals surface area contributed by atoms with Crippen molar-refractivity contribution in [3.8, 4) is 0 Å². The molecule has 0 atom stereocenters. The van der Waals surface area contributed by atoms with E-state index in [1.54, 1.807) is 6.92 Å². The van der Waals surface area contributed by atoms with Crippen LogP contribution in [0.15, 0.2) is 22.7 Å². The number of anilines is 1. The third-order valence-corrected chi connectivity index (χ3v) is 2.64. The number of aromatic nitrogens is 3. The van der Waals surface area contributed by atoms with Crippen molar-refractivity contribution in [2.75, 3.05) is 5.32 Å². The maximum Gasteiger partial charge on any atom is 0.295 e. The second-order valence-electron chi connectivity index (χ2n) is 3.32. The van der Waals surface area contributed by atoms with E-state index in [0.29, 0.717) is 16.0 Å². The first-order chi connectivity index (χ1) is 8.06. The van der Waals surface area contributed by atoms with E-state index in [2.05, 4.69) is 36.4 Å². The molecule has 1 heterocycles. The van der Waals surface area contributed by atoms with E-state index in [9.17, 15) is 9.18 Å². The van der Waals surface area contributed by atoms with Crippen molar-refractivity contribution in [2.24, 2.45) is 0 Å². The van der Waals surface area contributed by atoms with Crippen molar-refractivity contribution in [1.82, 2.24) is 15.2 Å². The van der Waals surface area contributed by atoms with Crippen LogP contribution < -0.4 is 5.32 Å². The second kappa shape index (κ2) is 4.62. The van der Waals surface area contributed by atoms with Gasteiger partial charge in [0.05, 0.1) is 5.69 Å². The van der Waals surface area contributed by atoms with E-state index in [0.717, 1.165) is 0 Å². The van der Waals surface area contributed by atoms with Crippen LogP contribution in [0.5, 0.6) is 0 Å². The molecule has 0 saturated heterocycles. The van der Waals surface area contributed by atoms with Gasteiger partial charge in [-0.1, -0.05) is 0 Å². The van der Waals surface area contributed by atoms with Crippen LogP contribution in [0.25, 0.3) is 0 Å². The average molecular weight is 299 g/mol. The quantitative estimate of drug-likeness (QED) is 0.893. The minimum atomic E-state index is -0.457. The third-order valence-electron chi connectivity index (χ3n) is 1.98. The lowest BCUT2D eigenvalue weighted by atomic mass is 10.3. The van der Waals surface area contributed by atoms with Crippen molar-refractivity contribution < 1.29 is 9.18 Å². The van der Waals surface area contributed by atoms with Crippen LogP contribution in [-0.2, 0) is 0 Å². The van der Waals surface area contributed by atoms with Crippen LogP contribution in [0, 0.1) is 12.7 Å². The number of aryl methyl sites for hydroxylation is 1. The van der Waals surface area contributed by atoms with Crippen molar-refractivity contribution in [3.63, 3.8) is 0 Å². The lowest BCUT2D eigenvalue weighted by molar-refractivity contribution is 0.101. The molecular weight excluding hydrogens is 291 g/mol. The highest BCUT2D eigenvalue weighted by atomic mass is 79.9. The molecule has 17 heavy (non-hydrogen) atoms. The molecule has 0 radical (unpaired) electrons. The topological polar surface area (TPSA) is 70.7 Å². The first-order valence-corrected chi connectivity index (χ1v) is 5.51. The molecular formula is C10H8BrFN4O. The number of rotatable bonds is 2. The molecule has 7 heteroatoms. The van der Waals surface area contributed by atoms with Crippen LogP contribution >= 0.6 is 15.9 Å². The van der Waals surface area contributed by atoms with E-state index >= 15 is 0 Å². The van der Waals surface area contributed by atoms with Gasteiger partial charge < -0.3 is 5.32 Å². The molecule has 0 aliphatic heterocycles. The number of nitrogens with one attached hydrogen (secondary N) is 2. The number of halogens is 2. The Kier molecular flexibility index (Phi) is 3.19. The Morgan fingerprint density at radius 2 is 2.29 bits per heavy atom. The lowest BCUT2D eigenvalue weighted by Gasteiger charge is -2.04. The smallest absolute Gasteiger partial charge is 0.295 e. The Hall–Kier alpha value is -1.76. The number of hydrogen-bond donors (Lipinski definition) is 2. The summed E-state index contributed by atoms with van der Waals surface area (Å²) >= 11 is 3.15. The molecule has 2 aromatic rings. The Labute approximate surface area is 105 Å². The largest absolute Gasteiger partial charge is 0.318 e. The van der Waals surface area contributed by atoms with Crippen molar-refractivity contribution in [1.29, 1.82) is 0 Å². The second-order valence-corrected chi connectivity index (χ2v) is 4.18. The minimum absolute atomic E-state index is 0.0405. The zero-order chi connectivity index (χ0) is 12.4. The van der Waals surface area contributed by atoms with Crippen molar-refractivity contribution in [3.05, 3.63) is 40.1 Å². The van der Waals surface area contributed by atoms with E-state index in [1.165, 1.54) is 18.2 Å². The van der Waals surface area contributed by atoms with Gasteiger partial charge >= 0.3 is 0 Å². The number of hydrogen-bond acceptors (Lipinski definition) is 3. The molecule has 1 amide bonds. The summed E-state index contributed by atoms with van der Waals surface area (Å²) in [5.41, 5.74) is 0.457.